The zero-order valence-corrected chi connectivity index (χ0v) is 44.7. The summed E-state index contributed by atoms with van der Waals surface area (Å²) in [6.45, 7) is 17.5. The number of carbonyl (C=O) groups excluding carboxylic acids is 4. The zero-order valence-electron chi connectivity index (χ0n) is 43.9. The van der Waals surface area contributed by atoms with Gasteiger partial charge in [-0.3, -0.25) is 34.2 Å². The first-order chi connectivity index (χ1) is 35.0. The summed E-state index contributed by atoms with van der Waals surface area (Å²) >= 11 is 1.42. The quantitative estimate of drug-likeness (QED) is 0.139. The Balaban J connectivity index is 1.09. The lowest BCUT2D eigenvalue weighted by Gasteiger charge is -2.37. The van der Waals surface area contributed by atoms with Crippen LogP contribution in [0.25, 0.3) is 33.4 Å². The van der Waals surface area contributed by atoms with Gasteiger partial charge in [0.1, 0.15) is 24.2 Å². The third-order valence-electron chi connectivity index (χ3n) is 15.2. The summed E-state index contributed by atoms with van der Waals surface area (Å²) in [7, 11) is 5.50. The van der Waals surface area contributed by atoms with Crippen molar-refractivity contribution in [3.8, 4) is 22.5 Å². The largest absolute Gasteiger partial charge is 0.464 e. The van der Waals surface area contributed by atoms with Crippen LogP contribution in [0.4, 0.5) is 5.69 Å². The molecule has 4 aromatic heterocycles. The number of cyclic esters (lactones) is 1. The lowest BCUT2D eigenvalue weighted by molar-refractivity contribution is -0.155. The molecule has 9 rings (SSSR count). The molecule has 0 radical (unpaired) electrons. The van der Waals surface area contributed by atoms with Crippen LogP contribution < -0.4 is 15.6 Å². The summed E-state index contributed by atoms with van der Waals surface area (Å²) in [5.41, 5.74) is 11.4. The fraction of sp³-hybridized carbons (Fsp3) is 0.545. The molecule has 17 nitrogen and oxygen atoms in total. The maximum Gasteiger partial charge on any atom is 0.324 e. The predicted octanol–water partition coefficient (Wildman–Crippen LogP) is 6.41. The van der Waals surface area contributed by atoms with Crippen molar-refractivity contribution >= 4 is 51.6 Å². The predicted molar refractivity (Wildman–Crippen MR) is 282 cm³/mol. The van der Waals surface area contributed by atoms with Gasteiger partial charge < -0.3 is 38.8 Å². The third-order valence-corrected chi connectivity index (χ3v) is 16.1. The van der Waals surface area contributed by atoms with E-state index < -0.39 is 47.4 Å². The molecule has 6 bridgehead atoms. The number of anilines is 1. The molecule has 18 heteroatoms. The lowest BCUT2D eigenvalue weighted by atomic mass is 9.84. The lowest BCUT2D eigenvalue weighted by Crippen LogP contribution is -2.62. The summed E-state index contributed by atoms with van der Waals surface area (Å²) in [5, 5.41) is 8.22. The molecule has 0 unspecified atom stereocenters. The van der Waals surface area contributed by atoms with E-state index in [1.807, 2.05) is 44.5 Å². The molecule has 6 atom stereocenters. The Morgan fingerprint density at radius 1 is 1.05 bits per heavy atom. The van der Waals surface area contributed by atoms with E-state index >= 15 is 0 Å². The number of rotatable bonds is 11. The van der Waals surface area contributed by atoms with Gasteiger partial charge in [-0.2, -0.15) is 0 Å². The number of carbonyl (C=O) groups is 4. The normalized spacial score (nSPS) is 22.8. The van der Waals surface area contributed by atoms with E-state index in [4.69, 9.17) is 24.2 Å². The standard InChI is InChI=1S/C55H72N10O7S/c1-10-64-45-16-15-35-25-39(45)41(49(64)40-26-37(30-57-47(40)34(4)70-9)63-22-20-61(7)21-23-63)28-55(5,6)32-72-54(69)42-14-12-19-65(60-42)52(67)43(27-46-58-44(35)31-73-46)59-51(66)48(33(2)3)62(8)53(68)50-38(17-24-71-50)36-13-11-18-56-29-36/h11,13,15-16,18,25-26,29-31,33-34,38,42-43,48,50,60H,10,12,14,17,19-24,27-28,32H2,1-9H3,(H,59,66)/t34-,38+,42-,43-,48-,50+/m0/s1. The molecule has 0 aliphatic carbocycles. The van der Waals surface area contributed by atoms with Gasteiger partial charge in [0.2, 0.25) is 5.91 Å². The Morgan fingerprint density at radius 3 is 2.58 bits per heavy atom. The van der Waals surface area contributed by atoms with Crippen molar-refractivity contribution in [2.24, 2.45) is 11.3 Å². The number of ether oxygens (including phenoxy) is 3. The third kappa shape index (κ3) is 10.9. The highest BCUT2D eigenvalue weighted by Gasteiger charge is 2.43. The van der Waals surface area contributed by atoms with Crippen molar-refractivity contribution in [2.75, 3.05) is 72.0 Å². The van der Waals surface area contributed by atoms with Crippen LogP contribution in [-0.4, -0.2) is 149 Å². The van der Waals surface area contributed by atoms with Crippen LogP contribution in [0.15, 0.2) is 60.4 Å². The van der Waals surface area contributed by atoms with Crippen LogP contribution >= 0.6 is 11.3 Å². The summed E-state index contributed by atoms with van der Waals surface area (Å²) in [4.78, 5) is 78.6. The van der Waals surface area contributed by atoms with Gasteiger partial charge in [0.15, 0.2) is 0 Å². The maximum absolute atomic E-state index is 14.8. The summed E-state index contributed by atoms with van der Waals surface area (Å²) in [5.74, 6) is -2.18. The Labute approximate surface area is 432 Å². The number of nitrogens with one attached hydrogen (secondary N) is 2. The number of aromatic nitrogens is 4. The van der Waals surface area contributed by atoms with Crippen molar-refractivity contribution in [3.05, 3.63) is 82.2 Å². The molecule has 3 saturated heterocycles. The molecular formula is C55H72N10O7S. The number of methoxy groups -OCH3 is 1. The van der Waals surface area contributed by atoms with Crippen molar-refractivity contribution in [3.63, 3.8) is 0 Å². The van der Waals surface area contributed by atoms with E-state index in [1.54, 1.807) is 26.6 Å². The van der Waals surface area contributed by atoms with Crippen molar-refractivity contribution in [2.45, 2.75) is 116 Å². The van der Waals surface area contributed by atoms with Crippen LogP contribution in [0.1, 0.15) is 94.7 Å². The van der Waals surface area contributed by atoms with E-state index in [9.17, 15) is 19.2 Å². The fourth-order valence-corrected chi connectivity index (χ4v) is 12.0. The van der Waals surface area contributed by atoms with E-state index in [0.717, 1.165) is 82.1 Å². The molecular weight excluding hydrogens is 945 g/mol. The van der Waals surface area contributed by atoms with Gasteiger partial charge in [-0.25, -0.2) is 10.4 Å². The number of pyridine rings is 2. The highest BCUT2D eigenvalue weighted by Crippen LogP contribution is 2.43. The summed E-state index contributed by atoms with van der Waals surface area (Å²) in [6, 6.07) is 9.72. The van der Waals surface area contributed by atoms with E-state index in [1.165, 1.54) is 21.2 Å². The van der Waals surface area contributed by atoms with Crippen molar-refractivity contribution < 1.29 is 33.4 Å². The van der Waals surface area contributed by atoms with Gasteiger partial charge in [0, 0.05) is 118 Å². The minimum absolute atomic E-state index is 0.0783. The second-order valence-electron chi connectivity index (χ2n) is 21.4. The number of benzene rings is 1. The van der Waals surface area contributed by atoms with Crippen molar-refractivity contribution in [1.82, 2.24) is 45.1 Å². The number of amides is 3. The highest BCUT2D eigenvalue weighted by atomic mass is 32.1. The monoisotopic (exact) mass is 1020 g/mol. The Kier molecular flexibility index (Phi) is 15.7. The Bertz CT molecular complexity index is 2810. The topological polar surface area (TPSA) is 177 Å². The number of hydrazine groups is 1. The minimum atomic E-state index is -1.09. The number of fused-ring (bicyclic) bond motifs is 6. The van der Waals surface area contributed by atoms with E-state index in [2.05, 4.69) is 82.2 Å². The molecule has 390 valence electrons. The van der Waals surface area contributed by atoms with Gasteiger partial charge in [-0.15, -0.1) is 11.3 Å². The molecule has 3 amide bonds. The SMILES string of the molecule is CCn1c(-c2cc(N3CCN(C)CC3)cnc2[C@H](C)OC)c2c3cc(ccc31)-c1csc(n1)C[C@H](NC(=O)[C@H](C(C)C)N(C)C(=O)[C@@H]1OCC[C@@H]1c1cccnc1)C(=O)N1CCC[C@H](N1)C(=O)OCC(C)(C)C2. The number of thiazole rings is 1. The van der Waals surface area contributed by atoms with Crippen LogP contribution in [0.3, 0.4) is 0 Å². The summed E-state index contributed by atoms with van der Waals surface area (Å²) < 4.78 is 20.6. The minimum Gasteiger partial charge on any atom is -0.464 e. The summed E-state index contributed by atoms with van der Waals surface area (Å²) in [6.07, 6.45) is 6.66. The van der Waals surface area contributed by atoms with Gasteiger partial charge in [0.25, 0.3) is 11.8 Å². The molecule has 4 aliphatic heterocycles. The number of nitrogens with zero attached hydrogens (tertiary/aromatic N) is 8. The molecule has 0 saturated carbocycles. The smallest absolute Gasteiger partial charge is 0.324 e. The Morgan fingerprint density at radius 2 is 1.85 bits per heavy atom. The molecule has 3 fully saturated rings. The van der Waals surface area contributed by atoms with Gasteiger partial charge in [-0.1, -0.05) is 39.8 Å². The first kappa shape index (κ1) is 52.1. The molecule has 73 heavy (non-hydrogen) atoms. The van der Waals surface area contributed by atoms with Crippen LogP contribution in [0.2, 0.25) is 0 Å². The molecule has 2 N–H and O–H groups in total. The molecule has 1 aromatic carbocycles. The molecule has 0 spiro atoms. The van der Waals surface area contributed by atoms with Crippen molar-refractivity contribution in [1.29, 1.82) is 0 Å². The second kappa shape index (κ2) is 22.0. The first-order valence-electron chi connectivity index (χ1n) is 25.9. The average Bonchev–Trinajstić information content (AvgIpc) is 4.15. The average molecular weight is 1020 g/mol. The van der Waals surface area contributed by atoms with E-state index in [-0.39, 0.29) is 36.9 Å². The van der Waals surface area contributed by atoms with E-state index in [0.29, 0.717) is 50.4 Å². The van der Waals surface area contributed by atoms with Gasteiger partial charge in [0.05, 0.1) is 46.7 Å². The fourth-order valence-electron chi connectivity index (χ4n) is 11.1. The molecule has 5 aromatic rings. The number of esters is 1. The van der Waals surface area contributed by atoms with Crippen LogP contribution in [0.5, 0.6) is 0 Å². The molecule has 8 heterocycles. The molecule has 4 aliphatic rings. The maximum atomic E-state index is 14.8. The van der Waals surface area contributed by atoms with Crippen LogP contribution in [0, 0.1) is 11.3 Å². The number of likely N-dealkylation sites (N-methyl/N-ethyl adjacent to an activating group) is 2. The van der Waals surface area contributed by atoms with Gasteiger partial charge >= 0.3 is 5.97 Å². The zero-order chi connectivity index (χ0) is 51.7. The van der Waals surface area contributed by atoms with Crippen LogP contribution in [-0.2, 0) is 52.8 Å². The second-order valence-corrected chi connectivity index (χ2v) is 22.3. The number of hydrogen-bond acceptors (Lipinski definition) is 14. The highest BCUT2D eigenvalue weighted by molar-refractivity contribution is 7.10. The first-order valence-corrected chi connectivity index (χ1v) is 26.8. The van der Waals surface area contributed by atoms with Gasteiger partial charge in [-0.05, 0) is 87.9 Å². The number of hydrogen-bond donors (Lipinski definition) is 2. The number of piperazine rings is 1. The Hall–Kier alpha value is -5.79. The number of aryl methyl sites for hydroxylation is 1.